The summed E-state index contributed by atoms with van der Waals surface area (Å²) in [5.74, 6) is -1.07. The van der Waals surface area contributed by atoms with Crippen molar-refractivity contribution < 1.29 is 28.6 Å². The van der Waals surface area contributed by atoms with Gasteiger partial charge in [0.25, 0.3) is 0 Å². The van der Waals surface area contributed by atoms with Crippen molar-refractivity contribution >= 4 is 17.9 Å². The van der Waals surface area contributed by atoms with Crippen LogP contribution < -0.4 is 0 Å². The van der Waals surface area contributed by atoms with Crippen LogP contribution in [0.4, 0.5) is 0 Å². The van der Waals surface area contributed by atoms with Gasteiger partial charge < -0.3 is 14.2 Å². The molecule has 0 radical (unpaired) electrons. The summed E-state index contributed by atoms with van der Waals surface area (Å²) in [5, 5.41) is 0. The Labute approximate surface area is 411 Å². The lowest BCUT2D eigenvalue weighted by Crippen LogP contribution is -2.30. The Morgan fingerprint density at radius 3 is 0.955 bits per heavy atom. The molecule has 0 aliphatic heterocycles. The molecule has 0 saturated carbocycles. The number of allylic oxidation sites excluding steroid dienone is 22. The number of esters is 3. The molecule has 0 rings (SSSR count). The first-order valence-corrected chi connectivity index (χ1v) is 26.7. The average Bonchev–Trinajstić information content (AvgIpc) is 3.33. The molecule has 0 aliphatic rings. The normalized spacial score (nSPS) is 13.2. The van der Waals surface area contributed by atoms with Crippen LogP contribution in [-0.4, -0.2) is 37.2 Å². The predicted octanol–water partition coefficient (Wildman–Crippen LogP) is 17.9. The molecule has 6 nitrogen and oxygen atoms in total. The fourth-order valence-corrected chi connectivity index (χ4v) is 6.68. The van der Waals surface area contributed by atoms with Crippen LogP contribution in [-0.2, 0) is 28.6 Å². The van der Waals surface area contributed by atoms with Gasteiger partial charge in [0.1, 0.15) is 13.2 Å². The van der Waals surface area contributed by atoms with Crippen LogP contribution in [0.5, 0.6) is 0 Å². The summed E-state index contributed by atoms with van der Waals surface area (Å²) in [5.41, 5.74) is 0. The van der Waals surface area contributed by atoms with Gasteiger partial charge in [-0.1, -0.05) is 206 Å². The third-order valence-electron chi connectivity index (χ3n) is 10.6. The lowest BCUT2D eigenvalue weighted by atomic mass is 10.1. The van der Waals surface area contributed by atoms with Gasteiger partial charge in [-0.2, -0.15) is 0 Å². The molecule has 376 valence electrons. The molecule has 0 fully saturated rings. The van der Waals surface area contributed by atoms with Crippen molar-refractivity contribution in [1.29, 1.82) is 0 Å². The number of rotatable bonds is 46. The van der Waals surface area contributed by atoms with Crippen LogP contribution in [0.25, 0.3) is 0 Å². The van der Waals surface area contributed by atoms with Crippen LogP contribution in [0, 0.1) is 0 Å². The highest BCUT2D eigenvalue weighted by atomic mass is 16.6. The second-order valence-corrected chi connectivity index (χ2v) is 17.0. The molecule has 0 heterocycles. The molecule has 0 aliphatic carbocycles. The highest BCUT2D eigenvalue weighted by Gasteiger charge is 2.19. The predicted molar refractivity (Wildman–Crippen MR) is 288 cm³/mol. The molecule has 1 atom stereocenters. The summed E-state index contributed by atoms with van der Waals surface area (Å²) in [4.78, 5) is 38.0. The number of carbonyl (C=O) groups excluding carboxylic acids is 3. The van der Waals surface area contributed by atoms with Gasteiger partial charge in [0.2, 0.25) is 0 Å². The fraction of sp³-hybridized carbons (Fsp3) is 0.590. The third kappa shape index (κ3) is 52.4. The van der Waals surface area contributed by atoms with E-state index < -0.39 is 6.10 Å². The molecule has 0 N–H and O–H groups in total. The summed E-state index contributed by atoms with van der Waals surface area (Å²) in [7, 11) is 0. The van der Waals surface area contributed by atoms with E-state index >= 15 is 0 Å². The Balaban J connectivity index is 4.60. The van der Waals surface area contributed by atoms with Crippen molar-refractivity contribution in [2.45, 2.75) is 219 Å². The Bertz CT molecular complexity index is 1480. The first-order valence-electron chi connectivity index (χ1n) is 26.7. The molecule has 0 amide bonds. The van der Waals surface area contributed by atoms with Crippen LogP contribution in [0.2, 0.25) is 0 Å². The lowest BCUT2D eigenvalue weighted by Gasteiger charge is -2.18. The lowest BCUT2D eigenvalue weighted by molar-refractivity contribution is -0.167. The molecule has 0 bridgehead atoms. The van der Waals surface area contributed by atoms with E-state index in [1.54, 1.807) is 0 Å². The maximum Gasteiger partial charge on any atom is 0.306 e. The number of ether oxygens (including phenoxy) is 3. The molecule has 0 aromatic rings. The standard InChI is InChI=1S/C61H96O6/c1-4-7-10-13-16-19-22-25-28-30-33-35-38-41-44-47-50-53-59(62)65-56-58(67-61(64)55-52-49-46-43-40-37-32-27-24-21-18-15-12-9-6-3)57-66-60(63)54-51-48-45-42-39-36-34-31-29-26-23-20-17-14-11-8-5-2/h7,9-10,12,16,18-19,21,25-29,32-36,41-42,44-45,58H,4-6,8,11,13-15,17,20,22-24,30-31,37-40,43,46-57H2,1-3H3/b10-7-,12-9-,19-16-,21-18-,28-25-,29-26-,32-27-,35-33-,36-34-,44-41-,45-42-/t58-/m1/s1. The quantitative estimate of drug-likeness (QED) is 0.0262. The maximum atomic E-state index is 12.8. The zero-order chi connectivity index (χ0) is 48.6. The Hall–Kier alpha value is -4.45. The zero-order valence-corrected chi connectivity index (χ0v) is 42.9. The molecular formula is C61H96O6. The van der Waals surface area contributed by atoms with E-state index in [1.807, 2.05) is 0 Å². The van der Waals surface area contributed by atoms with Gasteiger partial charge >= 0.3 is 17.9 Å². The second kappa shape index (κ2) is 54.2. The number of unbranched alkanes of at least 4 members (excludes halogenated alkanes) is 13. The van der Waals surface area contributed by atoms with E-state index in [1.165, 1.54) is 44.9 Å². The topological polar surface area (TPSA) is 78.9 Å². The first kappa shape index (κ1) is 62.5. The van der Waals surface area contributed by atoms with E-state index in [4.69, 9.17) is 14.2 Å². The number of hydrogen-bond donors (Lipinski definition) is 0. The van der Waals surface area contributed by atoms with E-state index in [9.17, 15) is 14.4 Å². The van der Waals surface area contributed by atoms with E-state index in [0.717, 1.165) is 116 Å². The summed E-state index contributed by atoms with van der Waals surface area (Å²) >= 11 is 0. The minimum absolute atomic E-state index is 0.134. The molecule has 0 aromatic heterocycles. The summed E-state index contributed by atoms with van der Waals surface area (Å²) in [6, 6.07) is 0. The SMILES string of the molecule is CC/C=C\C/C=C\C/C=C\C/C=C\C/C=C\CCCC(=O)OC[C@H](COC(=O)CCC/C=C\C/C=C\C/C=C\CCCCCCCC)OC(=O)CCCCCCC/C=C\C/C=C\C/C=C\CC. The van der Waals surface area contributed by atoms with E-state index in [-0.39, 0.29) is 50.4 Å². The fourth-order valence-electron chi connectivity index (χ4n) is 6.68. The largest absolute Gasteiger partial charge is 0.462 e. The van der Waals surface area contributed by atoms with Crippen LogP contribution in [0.3, 0.4) is 0 Å². The summed E-state index contributed by atoms with van der Waals surface area (Å²) in [6.45, 7) is 6.28. The smallest absolute Gasteiger partial charge is 0.306 e. The average molecular weight is 925 g/mol. The molecule has 6 heteroatoms. The Morgan fingerprint density at radius 2 is 0.597 bits per heavy atom. The molecular weight excluding hydrogens is 829 g/mol. The number of hydrogen-bond acceptors (Lipinski definition) is 6. The molecule has 0 spiro atoms. The highest BCUT2D eigenvalue weighted by molar-refractivity contribution is 5.71. The van der Waals surface area contributed by atoms with E-state index in [2.05, 4.69) is 154 Å². The van der Waals surface area contributed by atoms with Gasteiger partial charge in [0.05, 0.1) is 0 Å². The van der Waals surface area contributed by atoms with E-state index in [0.29, 0.717) is 12.8 Å². The monoisotopic (exact) mass is 925 g/mol. The molecule has 67 heavy (non-hydrogen) atoms. The Morgan fingerprint density at radius 1 is 0.313 bits per heavy atom. The molecule has 0 saturated heterocycles. The molecule has 0 aromatic carbocycles. The third-order valence-corrected chi connectivity index (χ3v) is 10.6. The van der Waals surface area contributed by atoms with Crippen molar-refractivity contribution in [3.05, 3.63) is 134 Å². The second-order valence-electron chi connectivity index (χ2n) is 17.0. The first-order chi connectivity index (χ1) is 33.0. The van der Waals surface area contributed by atoms with Crippen molar-refractivity contribution in [3.63, 3.8) is 0 Å². The minimum atomic E-state index is -0.835. The molecule has 0 unspecified atom stereocenters. The van der Waals surface area contributed by atoms with Crippen molar-refractivity contribution in [1.82, 2.24) is 0 Å². The maximum absolute atomic E-state index is 12.8. The van der Waals surface area contributed by atoms with Crippen molar-refractivity contribution in [2.24, 2.45) is 0 Å². The van der Waals surface area contributed by atoms with Gasteiger partial charge in [-0.05, 0) is 122 Å². The van der Waals surface area contributed by atoms with Gasteiger partial charge in [-0.3, -0.25) is 14.4 Å². The van der Waals surface area contributed by atoms with Crippen molar-refractivity contribution in [3.8, 4) is 0 Å². The van der Waals surface area contributed by atoms with Gasteiger partial charge in [-0.25, -0.2) is 0 Å². The van der Waals surface area contributed by atoms with Crippen molar-refractivity contribution in [2.75, 3.05) is 13.2 Å². The summed E-state index contributed by atoms with van der Waals surface area (Å²) < 4.78 is 16.7. The summed E-state index contributed by atoms with van der Waals surface area (Å²) in [6.07, 6.45) is 75.9. The number of carbonyl (C=O) groups is 3. The minimum Gasteiger partial charge on any atom is -0.462 e. The van der Waals surface area contributed by atoms with Gasteiger partial charge in [0, 0.05) is 19.3 Å². The van der Waals surface area contributed by atoms with Crippen LogP contribution >= 0.6 is 0 Å². The zero-order valence-electron chi connectivity index (χ0n) is 42.9. The van der Waals surface area contributed by atoms with Crippen LogP contribution in [0.1, 0.15) is 213 Å². The highest BCUT2D eigenvalue weighted by Crippen LogP contribution is 2.12. The Kier molecular flexibility index (Phi) is 50.6. The van der Waals surface area contributed by atoms with Gasteiger partial charge in [0.15, 0.2) is 6.10 Å². The van der Waals surface area contributed by atoms with Gasteiger partial charge in [-0.15, -0.1) is 0 Å². The van der Waals surface area contributed by atoms with Crippen LogP contribution in [0.15, 0.2) is 134 Å².